The third kappa shape index (κ3) is 0.933. The maximum Gasteiger partial charge on any atom is 0.161 e. The molecule has 3 aliphatic carbocycles. The molecule has 0 N–H and O–H groups in total. The molecule has 3 aliphatic rings. The zero-order valence-corrected chi connectivity index (χ0v) is 8.94. The Kier molecular flexibility index (Phi) is 1.55. The summed E-state index contributed by atoms with van der Waals surface area (Å²) in [7, 11) is 0. The predicted molar refractivity (Wildman–Crippen MR) is 55.9 cm³/mol. The SMILES string of the molecule is C[C@@]12CC[C@]3(CCCCC3=CC1=O)C2. The first kappa shape index (κ1) is 8.70. The van der Waals surface area contributed by atoms with E-state index in [0.717, 1.165) is 12.8 Å². The van der Waals surface area contributed by atoms with Crippen LogP contribution in [0.4, 0.5) is 0 Å². The Morgan fingerprint density at radius 3 is 2.93 bits per heavy atom. The van der Waals surface area contributed by atoms with Gasteiger partial charge in [-0.15, -0.1) is 0 Å². The molecule has 2 bridgehead atoms. The maximum absolute atomic E-state index is 11.9. The maximum atomic E-state index is 11.9. The Morgan fingerprint density at radius 2 is 2.07 bits per heavy atom. The lowest BCUT2D eigenvalue weighted by Crippen LogP contribution is -2.34. The second-order valence-corrected chi connectivity index (χ2v) is 5.76. The summed E-state index contributed by atoms with van der Waals surface area (Å²) in [5, 5.41) is 0. The number of allylic oxidation sites excluding steroid dienone is 2. The van der Waals surface area contributed by atoms with E-state index >= 15 is 0 Å². The van der Waals surface area contributed by atoms with Gasteiger partial charge in [-0.25, -0.2) is 0 Å². The van der Waals surface area contributed by atoms with Gasteiger partial charge >= 0.3 is 0 Å². The number of carbonyl (C=O) groups is 1. The highest BCUT2D eigenvalue weighted by atomic mass is 16.1. The standard InChI is InChI=1S/C13H18O/c1-12-6-7-13(9-12)5-3-2-4-10(13)8-11(12)14/h8H,2-7,9H2,1H3/t12-,13+/m0/s1. The van der Waals surface area contributed by atoms with Crippen molar-refractivity contribution in [3.8, 4) is 0 Å². The van der Waals surface area contributed by atoms with Crippen LogP contribution in [0.15, 0.2) is 11.6 Å². The summed E-state index contributed by atoms with van der Waals surface area (Å²) in [6.45, 7) is 2.17. The van der Waals surface area contributed by atoms with Crippen LogP contribution in [0.1, 0.15) is 51.9 Å². The van der Waals surface area contributed by atoms with Crippen LogP contribution >= 0.6 is 0 Å². The number of fused-ring (bicyclic) bond motifs is 1. The average Bonchev–Trinajstić information content (AvgIpc) is 2.46. The molecule has 0 aromatic carbocycles. The number of ketones is 1. The molecule has 1 heteroatoms. The van der Waals surface area contributed by atoms with Crippen molar-refractivity contribution in [1.82, 2.24) is 0 Å². The first-order valence-electron chi connectivity index (χ1n) is 5.90. The molecular weight excluding hydrogens is 172 g/mol. The Morgan fingerprint density at radius 1 is 1.21 bits per heavy atom. The summed E-state index contributed by atoms with van der Waals surface area (Å²) in [6.07, 6.45) is 10.8. The fourth-order valence-electron chi connectivity index (χ4n) is 3.90. The minimum atomic E-state index is 0.0147. The molecule has 3 rings (SSSR count). The lowest BCUT2D eigenvalue weighted by Gasteiger charge is -2.40. The molecule has 1 nitrogen and oxygen atoms in total. The van der Waals surface area contributed by atoms with Crippen molar-refractivity contribution in [2.24, 2.45) is 10.8 Å². The number of hydrogen-bond donors (Lipinski definition) is 0. The second kappa shape index (κ2) is 2.50. The molecule has 0 aliphatic heterocycles. The first-order valence-corrected chi connectivity index (χ1v) is 5.90. The fraction of sp³-hybridized carbons (Fsp3) is 0.769. The van der Waals surface area contributed by atoms with Gasteiger partial charge in [0.2, 0.25) is 0 Å². The molecular formula is C13H18O. The van der Waals surface area contributed by atoms with Crippen molar-refractivity contribution in [3.05, 3.63) is 11.6 Å². The van der Waals surface area contributed by atoms with Crippen molar-refractivity contribution in [1.29, 1.82) is 0 Å². The van der Waals surface area contributed by atoms with E-state index < -0.39 is 0 Å². The van der Waals surface area contributed by atoms with Gasteiger partial charge in [-0.3, -0.25) is 4.79 Å². The Hall–Kier alpha value is -0.590. The van der Waals surface area contributed by atoms with Crippen LogP contribution in [-0.4, -0.2) is 5.78 Å². The van der Waals surface area contributed by atoms with E-state index in [1.54, 1.807) is 0 Å². The summed E-state index contributed by atoms with van der Waals surface area (Å²) in [5.41, 5.74) is 1.99. The summed E-state index contributed by atoms with van der Waals surface area (Å²) < 4.78 is 0. The van der Waals surface area contributed by atoms with Crippen molar-refractivity contribution in [2.45, 2.75) is 51.9 Å². The van der Waals surface area contributed by atoms with Crippen molar-refractivity contribution >= 4 is 5.78 Å². The van der Waals surface area contributed by atoms with E-state index in [4.69, 9.17) is 0 Å². The van der Waals surface area contributed by atoms with E-state index in [1.807, 2.05) is 6.08 Å². The predicted octanol–water partition coefficient (Wildman–Crippen LogP) is 3.25. The van der Waals surface area contributed by atoms with Crippen LogP contribution in [-0.2, 0) is 4.79 Å². The van der Waals surface area contributed by atoms with Crippen LogP contribution < -0.4 is 0 Å². The van der Waals surface area contributed by atoms with Gasteiger partial charge in [0.05, 0.1) is 0 Å². The number of rotatable bonds is 0. The normalized spacial score (nSPS) is 46.1. The first-order chi connectivity index (χ1) is 6.65. The Labute approximate surface area is 85.6 Å². The molecule has 0 aromatic rings. The zero-order valence-electron chi connectivity index (χ0n) is 8.94. The fourth-order valence-corrected chi connectivity index (χ4v) is 3.90. The highest BCUT2D eigenvalue weighted by molar-refractivity contribution is 5.97. The molecule has 0 heterocycles. The smallest absolute Gasteiger partial charge is 0.161 e. The summed E-state index contributed by atoms with van der Waals surface area (Å²) in [5.74, 6) is 0.419. The monoisotopic (exact) mass is 190 g/mol. The summed E-state index contributed by atoms with van der Waals surface area (Å²) in [6, 6.07) is 0. The van der Waals surface area contributed by atoms with Crippen LogP contribution in [0.2, 0.25) is 0 Å². The molecule has 1 spiro atoms. The minimum Gasteiger partial charge on any atom is -0.294 e. The lowest BCUT2D eigenvalue weighted by molar-refractivity contribution is -0.123. The van der Waals surface area contributed by atoms with E-state index in [1.165, 1.54) is 37.7 Å². The summed E-state index contributed by atoms with van der Waals surface area (Å²) in [4.78, 5) is 11.9. The molecule has 2 saturated carbocycles. The number of carbonyl (C=O) groups excluding carboxylic acids is 1. The molecule has 2 atom stereocenters. The van der Waals surface area contributed by atoms with Gasteiger partial charge in [0.25, 0.3) is 0 Å². The molecule has 14 heavy (non-hydrogen) atoms. The van der Waals surface area contributed by atoms with Gasteiger partial charge in [0.1, 0.15) is 0 Å². The zero-order chi connectivity index (χ0) is 9.81. The molecule has 0 unspecified atom stereocenters. The Balaban J connectivity index is 2.08. The van der Waals surface area contributed by atoms with Gasteiger partial charge in [-0.2, -0.15) is 0 Å². The van der Waals surface area contributed by atoms with Crippen molar-refractivity contribution < 1.29 is 4.79 Å². The molecule has 0 aromatic heterocycles. The van der Waals surface area contributed by atoms with Crippen LogP contribution in [0, 0.1) is 10.8 Å². The van der Waals surface area contributed by atoms with Gasteiger partial charge in [0.15, 0.2) is 5.78 Å². The van der Waals surface area contributed by atoms with Gasteiger partial charge in [-0.1, -0.05) is 18.9 Å². The molecule has 76 valence electrons. The Bertz CT molecular complexity index is 328. The third-order valence-corrected chi connectivity index (χ3v) is 4.82. The quantitative estimate of drug-likeness (QED) is 0.573. The lowest BCUT2D eigenvalue weighted by atomic mass is 9.63. The molecule has 0 saturated heterocycles. The van der Waals surface area contributed by atoms with Crippen molar-refractivity contribution in [3.63, 3.8) is 0 Å². The second-order valence-electron chi connectivity index (χ2n) is 5.76. The number of hydrogen-bond acceptors (Lipinski definition) is 1. The van der Waals surface area contributed by atoms with Gasteiger partial charge in [0, 0.05) is 5.41 Å². The highest BCUT2D eigenvalue weighted by Gasteiger charge is 2.53. The average molecular weight is 190 g/mol. The largest absolute Gasteiger partial charge is 0.294 e. The van der Waals surface area contributed by atoms with E-state index in [-0.39, 0.29) is 5.41 Å². The third-order valence-electron chi connectivity index (χ3n) is 4.82. The van der Waals surface area contributed by atoms with E-state index in [2.05, 4.69) is 6.92 Å². The van der Waals surface area contributed by atoms with Crippen molar-refractivity contribution in [2.75, 3.05) is 0 Å². The van der Waals surface area contributed by atoms with E-state index in [9.17, 15) is 4.79 Å². The molecule has 2 fully saturated rings. The van der Waals surface area contributed by atoms with Crippen LogP contribution in [0.25, 0.3) is 0 Å². The van der Waals surface area contributed by atoms with Crippen LogP contribution in [0.5, 0.6) is 0 Å². The van der Waals surface area contributed by atoms with E-state index in [0.29, 0.717) is 11.2 Å². The minimum absolute atomic E-state index is 0.0147. The van der Waals surface area contributed by atoms with Crippen LogP contribution in [0.3, 0.4) is 0 Å². The summed E-state index contributed by atoms with van der Waals surface area (Å²) >= 11 is 0. The van der Waals surface area contributed by atoms with Gasteiger partial charge < -0.3 is 0 Å². The van der Waals surface area contributed by atoms with Gasteiger partial charge in [-0.05, 0) is 50.0 Å². The molecule has 0 radical (unpaired) electrons. The molecule has 0 amide bonds. The topological polar surface area (TPSA) is 17.1 Å². The highest BCUT2D eigenvalue weighted by Crippen LogP contribution is 2.61.